The van der Waals surface area contributed by atoms with E-state index in [1.54, 1.807) is 4.68 Å². The van der Waals surface area contributed by atoms with Crippen molar-refractivity contribution >= 4 is 11.6 Å². The van der Waals surface area contributed by atoms with Crippen LogP contribution in [0.5, 0.6) is 0 Å². The van der Waals surface area contributed by atoms with Gasteiger partial charge in [0.25, 0.3) is 0 Å². The lowest BCUT2D eigenvalue weighted by molar-refractivity contribution is -0.118. The monoisotopic (exact) mass is 280 g/mol. The zero-order valence-corrected chi connectivity index (χ0v) is 12.7. The Morgan fingerprint density at radius 1 is 1.40 bits per heavy atom. The molecule has 6 nitrogen and oxygen atoms in total. The molecule has 0 aromatic carbocycles. The smallest absolute Gasteiger partial charge is 0.238 e. The number of amides is 1. The van der Waals surface area contributed by atoms with Crippen molar-refractivity contribution in [2.24, 2.45) is 7.05 Å². The van der Waals surface area contributed by atoms with Gasteiger partial charge in [-0.2, -0.15) is 5.10 Å². The molecule has 2 rings (SSSR count). The highest BCUT2D eigenvalue weighted by molar-refractivity contribution is 5.93. The molecule has 6 heteroatoms. The first-order valence-corrected chi connectivity index (χ1v) is 7.03. The number of anilines is 1. The highest BCUT2D eigenvalue weighted by Crippen LogP contribution is 2.21. The van der Waals surface area contributed by atoms with Gasteiger partial charge in [-0.1, -0.05) is 0 Å². The Morgan fingerprint density at radius 2 is 2.00 bits per heavy atom. The van der Waals surface area contributed by atoms with Gasteiger partial charge in [-0.05, 0) is 33.6 Å². The van der Waals surface area contributed by atoms with E-state index in [1.807, 2.05) is 27.8 Å². The van der Waals surface area contributed by atoms with Crippen LogP contribution in [0, 0.1) is 13.8 Å². The number of hydrogen-bond donors (Lipinski definition) is 2. The number of nitrogens with one attached hydrogen (secondary N) is 1. The molecule has 1 fully saturated rings. The zero-order valence-electron chi connectivity index (χ0n) is 12.7. The van der Waals surface area contributed by atoms with E-state index in [0.717, 1.165) is 30.2 Å². The lowest BCUT2D eigenvalue weighted by atomic mass is 9.94. The molecule has 0 radical (unpaired) electrons. The molecule has 1 aliphatic rings. The van der Waals surface area contributed by atoms with Crippen LogP contribution in [0.15, 0.2) is 0 Å². The number of carbonyl (C=O) groups excluding carboxylic acids is 1. The first-order valence-electron chi connectivity index (χ1n) is 7.03. The maximum Gasteiger partial charge on any atom is 0.238 e. The van der Waals surface area contributed by atoms with Crippen molar-refractivity contribution in [2.45, 2.75) is 39.2 Å². The number of hydrogen-bond acceptors (Lipinski definition) is 4. The Balaban J connectivity index is 1.90. The molecule has 1 aliphatic heterocycles. The predicted molar refractivity (Wildman–Crippen MR) is 77.6 cm³/mol. The molecule has 1 saturated heterocycles. The number of rotatable bonds is 3. The fraction of sp³-hybridized carbons (Fsp3) is 0.714. The van der Waals surface area contributed by atoms with Crippen molar-refractivity contribution in [1.82, 2.24) is 14.7 Å². The van der Waals surface area contributed by atoms with Crippen molar-refractivity contribution in [1.29, 1.82) is 0 Å². The maximum atomic E-state index is 12.1. The number of carbonyl (C=O) groups is 1. The van der Waals surface area contributed by atoms with Crippen molar-refractivity contribution < 1.29 is 9.90 Å². The first-order chi connectivity index (χ1) is 9.28. The van der Waals surface area contributed by atoms with Crippen LogP contribution in [-0.4, -0.2) is 50.9 Å². The van der Waals surface area contributed by atoms with Gasteiger partial charge in [0.05, 0.1) is 29.2 Å². The third-order valence-corrected chi connectivity index (χ3v) is 4.07. The summed E-state index contributed by atoms with van der Waals surface area (Å²) in [5, 5.41) is 17.1. The second-order valence-electron chi connectivity index (χ2n) is 5.99. The zero-order chi connectivity index (χ0) is 14.9. The quantitative estimate of drug-likeness (QED) is 0.860. The van der Waals surface area contributed by atoms with Crippen molar-refractivity contribution in [3.05, 3.63) is 11.4 Å². The van der Waals surface area contributed by atoms with Crippen LogP contribution in [0.4, 0.5) is 5.69 Å². The van der Waals surface area contributed by atoms with Gasteiger partial charge >= 0.3 is 0 Å². The molecule has 1 amide bonds. The minimum Gasteiger partial charge on any atom is -0.390 e. The molecule has 112 valence electrons. The van der Waals surface area contributed by atoms with Crippen LogP contribution >= 0.6 is 0 Å². The Bertz CT molecular complexity index is 498. The third kappa shape index (κ3) is 3.37. The van der Waals surface area contributed by atoms with Crippen LogP contribution in [0.2, 0.25) is 0 Å². The lowest BCUT2D eigenvalue weighted by Crippen LogP contribution is -2.45. The molecule has 1 aromatic rings. The largest absolute Gasteiger partial charge is 0.390 e. The highest BCUT2D eigenvalue weighted by Gasteiger charge is 2.28. The standard InChI is InChI=1S/C14H24N4O2/c1-10-13(11(2)17(4)16-10)15-12(19)9-18-7-5-14(3,20)6-8-18/h20H,5-9H2,1-4H3,(H,15,19). The molecule has 0 unspecified atom stereocenters. The van der Waals surface area contributed by atoms with Crippen molar-refractivity contribution in [3.8, 4) is 0 Å². The van der Waals surface area contributed by atoms with E-state index in [9.17, 15) is 9.90 Å². The number of piperidine rings is 1. The van der Waals surface area contributed by atoms with Gasteiger partial charge in [-0.15, -0.1) is 0 Å². The van der Waals surface area contributed by atoms with Gasteiger partial charge in [-0.25, -0.2) is 0 Å². The summed E-state index contributed by atoms with van der Waals surface area (Å²) in [5.74, 6) is -0.0225. The lowest BCUT2D eigenvalue weighted by Gasteiger charge is -2.35. The third-order valence-electron chi connectivity index (χ3n) is 4.07. The molecule has 1 aromatic heterocycles. The Labute approximate surface area is 119 Å². The van der Waals surface area contributed by atoms with Gasteiger partial charge in [0.15, 0.2) is 0 Å². The number of nitrogens with zero attached hydrogens (tertiary/aromatic N) is 3. The molecule has 0 atom stereocenters. The number of aliphatic hydroxyl groups is 1. The van der Waals surface area contributed by atoms with E-state index < -0.39 is 5.60 Å². The van der Waals surface area contributed by atoms with E-state index in [-0.39, 0.29) is 5.91 Å². The summed E-state index contributed by atoms with van der Waals surface area (Å²) < 4.78 is 1.77. The van der Waals surface area contributed by atoms with E-state index in [1.165, 1.54) is 0 Å². The molecule has 2 N–H and O–H groups in total. The summed E-state index contributed by atoms with van der Waals surface area (Å²) in [6.45, 7) is 7.56. The summed E-state index contributed by atoms with van der Waals surface area (Å²) in [7, 11) is 1.87. The molecule has 0 aliphatic carbocycles. The average Bonchev–Trinajstić information content (AvgIpc) is 2.59. The van der Waals surface area contributed by atoms with Crippen LogP contribution in [0.1, 0.15) is 31.2 Å². The fourth-order valence-corrected chi connectivity index (χ4v) is 2.53. The molecule has 0 spiro atoms. The summed E-state index contributed by atoms with van der Waals surface area (Å²) in [5.41, 5.74) is 2.02. The minimum absolute atomic E-state index is 0.0225. The normalized spacial score (nSPS) is 19.1. The first kappa shape index (κ1) is 15.0. The summed E-state index contributed by atoms with van der Waals surface area (Å²) in [6.07, 6.45) is 1.43. The number of aromatic nitrogens is 2. The average molecular weight is 280 g/mol. The summed E-state index contributed by atoms with van der Waals surface area (Å²) >= 11 is 0. The SMILES string of the molecule is Cc1nn(C)c(C)c1NC(=O)CN1CCC(C)(O)CC1. The maximum absolute atomic E-state index is 12.1. The van der Waals surface area contributed by atoms with Gasteiger partial charge < -0.3 is 10.4 Å². The van der Waals surface area contributed by atoms with E-state index >= 15 is 0 Å². The van der Waals surface area contributed by atoms with Gasteiger partial charge in [0, 0.05) is 20.1 Å². The minimum atomic E-state index is -0.580. The number of aryl methyl sites for hydroxylation is 2. The van der Waals surface area contributed by atoms with E-state index in [2.05, 4.69) is 15.3 Å². The van der Waals surface area contributed by atoms with Crippen LogP contribution in [0.25, 0.3) is 0 Å². The molecule has 2 heterocycles. The number of likely N-dealkylation sites (tertiary alicyclic amines) is 1. The molecular formula is C14H24N4O2. The Hall–Kier alpha value is -1.40. The van der Waals surface area contributed by atoms with Crippen LogP contribution in [0.3, 0.4) is 0 Å². The van der Waals surface area contributed by atoms with Crippen molar-refractivity contribution in [2.75, 3.05) is 25.0 Å². The molecule has 20 heavy (non-hydrogen) atoms. The van der Waals surface area contributed by atoms with E-state index in [0.29, 0.717) is 19.4 Å². The fourth-order valence-electron chi connectivity index (χ4n) is 2.53. The second-order valence-corrected chi connectivity index (χ2v) is 5.99. The topological polar surface area (TPSA) is 70.4 Å². The molecule has 0 saturated carbocycles. The van der Waals surface area contributed by atoms with Gasteiger partial charge in [0.1, 0.15) is 0 Å². The second kappa shape index (κ2) is 5.54. The van der Waals surface area contributed by atoms with Crippen LogP contribution in [-0.2, 0) is 11.8 Å². The molecule has 0 bridgehead atoms. The van der Waals surface area contributed by atoms with Crippen molar-refractivity contribution in [3.63, 3.8) is 0 Å². The van der Waals surface area contributed by atoms with Crippen LogP contribution < -0.4 is 5.32 Å². The Kier molecular flexibility index (Phi) is 4.15. The summed E-state index contributed by atoms with van der Waals surface area (Å²) in [4.78, 5) is 14.2. The van der Waals surface area contributed by atoms with E-state index in [4.69, 9.17) is 0 Å². The highest BCUT2D eigenvalue weighted by atomic mass is 16.3. The Morgan fingerprint density at radius 3 is 2.50 bits per heavy atom. The van der Waals surface area contributed by atoms with Gasteiger partial charge in [0.2, 0.25) is 5.91 Å². The summed E-state index contributed by atoms with van der Waals surface area (Å²) in [6, 6.07) is 0. The predicted octanol–water partition coefficient (Wildman–Crippen LogP) is 0.822. The van der Waals surface area contributed by atoms with Gasteiger partial charge in [-0.3, -0.25) is 14.4 Å². The molecular weight excluding hydrogens is 256 g/mol.